The molecular formula is C9H5ClN2O2S2. The van der Waals surface area contributed by atoms with E-state index in [4.69, 9.17) is 16.7 Å². The van der Waals surface area contributed by atoms with E-state index in [1.807, 2.05) is 0 Å². The third kappa shape index (κ3) is 2.52. The van der Waals surface area contributed by atoms with Gasteiger partial charge < -0.3 is 5.11 Å². The van der Waals surface area contributed by atoms with Crippen molar-refractivity contribution < 1.29 is 9.90 Å². The van der Waals surface area contributed by atoms with Crippen LogP contribution < -0.4 is 0 Å². The van der Waals surface area contributed by atoms with E-state index >= 15 is 0 Å². The Labute approximate surface area is 104 Å². The van der Waals surface area contributed by atoms with E-state index in [-0.39, 0.29) is 10.6 Å². The van der Waals surface area contributed by atoms with E-state index < -0.39 is 5.97 Å². The number of nitrogens with zero attached hydrogens (tertiary/aromatic N) is 2. The van der Waals surface area contributed by atoms with E-state index in [0.717, 1.165) is 9.24 Å². The fourth-order valence-corrected chi connectivity index (χ4v) is 2.73. The molecule has 0 aliphatic rings. The zero-order valence-corrected chi connectivity index (χ0v) is 10.1. The van der Waals surface area contributed by atoms with Gasteiger partial charge in [-0.3, -0.25) is 0 Å². The van der Waals surface area contributed by atoms with E-state index in [0.29, 0.717) is 0 Å². The molecule has 0 radical (unpaired) electrons. The minimum absolute atomic E-state index is 0.0937. The SMILES string of the molecule is O=C(O)c1cc(Sc2nncs2)ccc1Cl. The quantitative estimate of drug-likeness (QED) is 0.930. The molecule has 0 unspecified atom stereocenters. The first-order valence-electron chi connectivity index (χ1n) is 4.13. The number of carboxylic acid groups (broad SMARTS) is 1. The van der Waals surface area contributed by atoms with Gasteiger partial charge in [-0.25, -0.2) is 4.79 Å². The van der Waals surface area contributed by atoms with Gasteiger partial charge in [0.15, 0.2) is 4.34 Å². The molecule has 82 valence electrons. The van der Waals surface area contributed by atoms with Gasteiger partial charge in [-0.1, -0.05) is 34.7 Å². The van der Waals surface area contributed by atoms with Gasteiger partial charge in [0.1, 0.15) is 5.51 Å². The normalized spacial score (nSPS) is 10.3. The molecule has 1 heterocycles. The second-order valence-corrected chi connectivity index (χ2v) is 5.31. The Bertz CT molecular complexity index is 516. The van der Waals surface area contributed by atoms with Crippen LogP contribution in [0.1, 0.15) is 10.4 Å². The number of carbonyl (C=O) groups is 1. The minimum Gasteiger partial charge on any atom is -0.478 e. The summed E-state index contributed by atoms with van der Waals surface area (Å²) in [5, 5.41) is 16.7. The number of hydrogen-bond acceptors (Lipinski definition) is 5. The fourth-order valence-electron chi connectivity index (χ4n) is 1.04. The van der Waals surface area contributed by atoms with Gasteiger partial charge in [0.05, 0.1) is 10.6 Å². The lowest BCUT2D eigenvalue weighted by molar-refractivity contribution is 0.0697. The third-order valence-corrected chi connectivity index (χ3v) is 3.81. The zero-order valence-electron chi connectivity index (χ0n) is 7.75. The Morgan fingerprint density at radius 3 is 2.94 bits per heavy atom. The first kappa shape index (κ1) is 11.4. The summed E-state index contributed by atoms with van der Waals surface area (Å²) in [6.07, 6.45) is 0. The molecule has 2 rings (SSSR count). The van der Waals surface area contributed by atoms with Crippen LogP contribution in [-0.4, -0.2) is 21.3 Å². The molecule has 1 N–H and O–H groups in total. The van der Waals surface area contributed by atoms with Crippen molar-refractivity contribution in [3.63, 3.8) is 0 Å². The predicted molar refractivity (Wildman–Crippen MR) is 62.4 cm³/mol. The van der Waals surface area contributed by atoms with Crippen molar-refractivity contribution in [2.24, 2.45) is 0 Å². The zero-order chi connectivity index (χ0) is 11.5. The summed E-state index contributed by atoms with van der Waals surface area (Å²) < 4.78 is 0.763. The molecule has 1 aromatic heterocycles. The molecule has 0 saturated carbocycles. The van der Waals surface area contributed by atoms with Crippen LogP contribution in [0.25, 0.3) is 0 Å². The molecule has 0 saturated heterocycles. The lowest BCUT2D eigenvalue weighted by Gasteiger charge is -2.01. The summed E-state index contributed by atoms with van der Waals surface area (Å²) in [5.41, 5.74) is 1.72. The maximum Gasteiger partial charge on any atom is 0.337 e. The molecule has 2 aromatic rings. The van der Waals surface area contributed by atoms with Gasteiger partial charge in [0.25, 0.3) is 0 Å². The average molecular weight is 273 g/mol. The van der Waals surface area contributed by atoms with E-state index in [9.17, 15) is 4.79 Å². The minimum atomic E-state index is -1.04. The van der Waals surface area contributed by atoms with Crippen molar-refractivity contribution >= 4 is 40.7 Å². The van der Waals surface area contributed by atoms with Crippen LogP contribution in [0.5, 0.6) is 0 Å². The van der Waals surface area contributed by atoms with Crippen molar-refractivity contribution in [2.75, 3.05) is 0 Å². The number of rotatable bonds is 3. The molecule has 0 atom stereocenters. The second kappa shape index (κ2) is 4.82. The van der Waals surface area contributed by atoms with Crippen LogP contribution in [0.2, 0.25) is 5.02 Å². The fraction of sp³-hybridized carbons (Fsp3) is 0. The monoisotopic (exact) mass is 272 g/mol. The van der Waals surface area contributed by atoms with Gasteiger partial charge in [-0.05, 0) is 18.2 Å². The molecule has 0 aliphatic heterocycles. The Morgan fingerprint density at radius 1 is 1.50 bits per heavy atom. The van der Waals surface area contributed by atoms with E-state index in [2.05, 4.69) is 10.2 Å². The van der Waals surface area contributed by atoms with E-state index in [1.165, 1.54) is 29.2 Å². The summed E-state index contributed by atoms with van der Waals surface area (Å²) in [7, 11) is 0. The van der Waals surface area contributed by atoms with Gasteiger partial charge in [-0.15, -0.1) is 10.2 Å². The predicted octanol–water partition coefficient (Wildman–Crippen LogP) is 3.04. The summed E-state index contributed by atoms with van der Waals surface area (Å²) >= 11 is 8.51. The average Bonchev–Trinajstić information content (AvgIpc) is 2.73. The Kier molecular flexibility index (Phi) is 3.42. The number of carboxylic acids is 1. The summed E-state index contributed by atoms with van der Waals surface area (Å²) in [6, 6.07) is 4.84. The molecule has 0 spiro atoms. The second-order valence-electron chi connectivity index (χ2n) is 2.75. The number of benzene rings is 1. The first-order valence-corrected chi connectivity index (χ1v) is 6.21. The van der Waals surface area contributed by atoms with Crippen LogP contribution >= 0.6 is 34.7 Å². The molecule has 0 amide bonds. The summed E-state index contributed by atoms with van der Waals surface area (Å²) in [6.45, 7) is 0. The highest BCUT2D eigenvalue weighted by atomic mass is 35.5. The van der Waals surface area contributed by atoms with Crippen LogP contribution in [0.4, 0.5) is 0 Å². The molecular weight excluding hydrogens is 268 g/mol. The highest BCUT2D eigenvalue weighted by Gasteiger charge is 2.10. The van der Waals surface area contributed by atoms with Crippen molar-refractivity contribution in [1.82, 2.24) is 10.2 Å². The molecule has 0 aliphatic carbocycles. The Balaban J connectivity index is 2.29. The van der Waals surface area contributed by atoms with Crippen molar-refractivity contribution in [2.45, 2.75) is 9.24 Å². The maximum atomic E-state index is 10.9. The smallest absolute Gasteiger partial charge is 0.337 e. The standard InChI is InChI=1S/C9H5ClN2O2S2/c10-7-2-1-5(3-6(7)8(13)14)16-9-12-11-4-15-9/h1-4H,(H,13,14). The van der Waals surface area contributed by atoms with Crippen LogP contribution in [0, 0.1) is 0 Å². The highest BCUT2D eigenvalue weighted by molar-refractivity contribution is 8.01. The molecule has 7 heteroatoms. The van der Waals surface area contributed by atoms with Crippen LogP contribution in [-0.2, 0) is 0 Å². The van der Waals surface area contributed by atoms with Gasteiger partial charge >= 0.3 is 5.97 Å². The Hall–Kier alpha value is -1.11. The topological polar surface area (TPSA) is 63.1 Å². The number of aromatic nitrogens is 2. The largest absolute Gasteiger partial charge is 0.478 e. The Morgan fingerprint density at radius 2 is 2.31 bits per heavy atom. The lowest BCUT2D eigenvalue weighted by Crippen LogP contribution is -1.97. The number of aromatic carboxylic acids is 1. The number of hydrogen-bond donors (Lipinski definition) is 1. The maximum absolute atomic E-state index is 10.9. The highest BCUT2D eigenvalue weighted by Crippen LogP contribution is 2.31. The van der Waals surface area contributed by atoms with Crippen LogP contribution in [0.3, 0.4) is 0 Å². The van der Waals surface area contributed by atoms with Gasteiger partial charge in [0, 0.05) is 4.90 Å². The lowest BCUT2D eigenvalue weighted by atomic mass is 10.2. The molecule has 16 heavy (non-hydrogen) atoms. The van der Waals surface area contributed by atoms with Crippen molar-refractivity contribution in [3.8, 4) is 0 Å². The summed E-state index contributed by atoms with van der Waals surface area (Å²) in [4.78, 5) is 11.6. The summed E-state index contributed by atoms with van der Waals surface area (Å²) in [5.74, 6) is -1.04. The first-order chi connectivity index (χ1) is 7.66. The molecule has 0 bridgehead atoms. The van der Waals surface area contributed by atoms with E-state index in [1.54, 1.807) is 17.6 Å². The van der Waals surface area contributed by atoms with Gasteiger partial charge in [0.2, 0.25) is 0 Å². The molecule has 0 fully saturated rings. The van der Waals surface area contributed by atoms with Crippen LogP contribution in [0.15, 0.2) is 32.9 Å². The van der Waals surface area contributed by atoms with Crippen molar-refractivity contribution in [1.29, 1.82) is 0 Å². The number of halogens is 1. The third-order valence-electron chi connectivity index (χ3n) is 1.71. The molecule has 4 nitrogen and oxygen atoms in total. The van der Waals surface area contributed by atoms with Gasteiger partial charge in [-0.2, -0.15) is 0 Å². The molecule has 1 aromatic carbocycles. The van der Waals surface area contributed by atoms with Crippen molar-refractivity contribution in [3.05, 3.63) is 34.3 Å².